The van der Waals surface area contributed by atoms with Gasteiger partial charge >= 0.3 is 18.4 Å². The molecule has 3 amide bonds. The predicted molar refractivity (Wildman–Crippen MR) is 126 cm³/mol. The van der Waals surface area contributed by atoms with E-state index in [-0.39, 0.29) is 16.9 Å². The Morgan fingerprint density at radius 3 is 2.22 bits per heavy atom. The first-order chi connectivity index (χ1) is 16.7. The van der Waals surface area contributed by atoms with E-state index in [0.29, 0.717) is 11.1 Å². The van der Waals surface area contributed by atoms with Gasteiger partial charge in [-0.3, -0.25) is 4.79 Å². The number of benzene rings is 2. The number of anilines is 2. The van der Waals surface area contributed by atoms with Crippen LogP contribution in [0.25, 0.3) is 11.1 Å². The van der Waals surface area contributed by atoms with Gasteiger partial charge in [0.15, 0.2) is 0 Å². The van der Waals surface area contributed by atoms with Gasteiger partial charge in [-0.2, -0.15) is 37.7 Å². The van der Waals surface area contributed by atoms with Gasteiger partial charge in [-0.1, -0.05) is 41.4 Å². The topological polar surface area (TPSA) is 70.2 Å². The van der Waals surface area contributed by atoms with E-state index in [1.807, 2.05) is 0 Å². The average molecular weight is 570 g/mol. The fourth-order valence-corrected chi connectivity index (χ4v) is 4.02. The molecule has 0 saturated heterocycles. The average Bonchev–Trinajstić information content (AvgIpc) is 3.31. The highest BCUT2D eigenvalue weighted by Crippen LogP contribution is 2.39. The number of alkyl halides is 8. The van der Waals surface area contributed by atoms with Crippen LogP contribution in [-0.4, -0.2) is 24.7 Å². The Morgan fingerprint density at radius 1 is 0.889 bits per heavy atom. The molecule has 3 aromatic rings. The van der Waals surface area contributed by atoms with Gasteiger partial charge in [0.25, 0.3) is 5.91 Å². The SMILES string of the molecule is O=C(Nc1cccc(C(F)(F)F)c1)Nc1cc(C(Cl)(Cl)C(=O)NCC(F)(F)F)ccc1-c1ccsc1. The lowest BCUT2D eigenvalue weighted by atomic mass is 10.0. The minimum atomic E-state index is -4.70. The molecular weight excluding hydrogens is 555 g/mol. The maximum atomic E-state index is 13.0. The molecule has 0 radical (unpaired) electrons. The van der Waals surface area contributed by atoms with Gasteiger partial charge in [0.05, 0.1) is 11.3 Å². The predicted octanol–water partition coefficient (Wildman–Crippen LogP) is 7.39. The van der Waals surface area contributed by atoms with Crippen molar-refractivity contribution in [3.63, 3.8) is 0 Å². The van der Waals surface area contributed by atoms with E-state index in [0.717, 1.165) is 18.2 Å². The van der Waals surface area contributed by atoms with Crippen LogP contribution < -0.4 is 16.0 Å². The van der Waals surface area contributed by atoms with Crippen LogP contribution in [-0.2, 0) is 15.3 Å². The highest BCUT2D eigenvalue weighted by Gasteiger charge is 2.39. The van der Waals surface area contributed by atoms with Gasteiger partial charge < -0.3 is 16.0 Å². The summed E-state index contributed by atoms with van der Waals surface area (Å²) in [6, 6.07) is 8.65. The molecule has 0 aliphatic rings. The molecule has 36 heavy (non-hydrogen) atoms. The van der Waals surface area contributed by atoms with Crippen LogP contribution in [0.5, 0.6) is 0 Å². The molecule has 1 aromatic heterocycles. The number of amides is 3. The number of hydrogen-bond acceptors (Lipinski definition) is 3. The van der Waals surface area contributed by atoms with Gasteiger partial charge in [-0.25, -0.2) is 4.79 Å². The van der Waals surface area contributed by atoms with E-state index >= 15 is 0 Å². The van der Waals surface area contributed by atoms with Crippen molar-refractivity contribution in [3.05, 3.63) is 70.4 Å². The molecule has 0 atom stereocenters. The third kappa shape index (κ3) is 7.05. The molecule has 0 saturated carbocycles. The molecule has 0 spiro atoms. The molecule has 1 heterocycles. The number of urea groups is 1. The van der Waals surface area contributed by atoms with Crippen LogP contribution >= 0.6 is 34.5 Å². The summed E-state index contributed by atoms with van der Waals surface area (Å²) in [5.74, 6) is -1.34. The van der Waals surface area contributed by atoms with Crippen LogP contribution in [0, 0.1) is 0 Å². The second kappa shape index (κ2) is 10.6. The zero-order chi connectivity index (χ0) is 26.7. The second-order valence-corrected chi connectivity index (χ2v) is 9.41. The molecule has 192 valence electrons. The van der Waals surface area contributed by atoms with Gasteiger partial charge in [0.1, 0.15) is 6.54 Å². The number of nitrogens with one attached hydrogen (secondary N) is 3. The van der Waals surface area contributed by atoms with E-state index in [1.165, 1.54) is 35.6 Å². The Kier molecular flexibility index (Phi) is 8.11. The van der Waals surface area contributed by atoms with Gasteiger partial charge in [-0.05, 0) is 52.2 Å². The molecule has 2 aromatic carbocycles. The Bertz CT molecular complexity index is 1250. The monoisotopic (exact) mass is 569 g/mol. The molecule has 0 fully saturated rings. The van der Waals surface area contributed by atoms with Crippen molar-refractivity contribution in [2.24, 2.45) is 0 Å². The maximum absolute atomic E-state index is 13.0. The van der Waals surface area contributed by atoms with Crippen molar-refractivity contribution in [2.75, 3.05) is 17.2 Å². The fourth-order valence-electron chi connectivity index (χ4n) is 2.99. The molecule has 0 bridgehead atoms. The highest BCUT2D eigenvalue weighted by molar-refractivity contribution is 7.08. The normalized spacial score (nSPS) is 12.2. The van der Waals surface area contributed by atoms with Crippen molar-refractivity contribution < 1.29 is 35.9 Å². The summed E-state index contributed by atoms with van der Waals surface area (Å²) in [7, 11) is 0. The van der Waals surface area contributed by atoms with E-state index in [1.54, 1.807) is 22.1 Å². The van der Waals surface area contributed by atoms with E-state index in [4.69, 9.17) is 23.2 Å². The molecule has 3 rings (SSSR count). The number of hydrogen-bond donors (Lipinski definition) is 3. The largest absolute Gasteiger partial charge is 0.416 e. The zero-order valence-corrected chi connectivity index (χ0v) is 20.1. The molecule has 14 heteroatoms. The van der Waals surface area contributed by atoms with E-state index in [2.05, 4.69) is 10.6 Å². The first kappa shape index (κ1) is 27.6. The van der Waals surface area contributed by atoms with Crippen LogP contribution in [0.1, 0.15) is 11.1 Å². The van der Waals surface area contributed by atoms with E-state index in [9.17, 15) is 35.9 Å². The Labute approximate surface area is 214 Å². The summed E-state index contributed by atoms with van der Waals surface area (Å²) in [6.07, 6.45) is -9.32. The summed E-state index contributed by atoms with van der Waals surface area (Å²) in [5.41, 5.74) is -0.161. The number of thiophene rings is 1. The standard InChI is InChI=1S/C22H15Cl2F6N3O2S/c23-21(24,18(34)31-11-20(25,26)27)13-4-5-16(12-6-7-36-10-12)17(9-13)33-19(35)32-15-3-1-2-14(8-15)22(28,29)30/h1-10H,11H2,(H,31,34)(H2,32,33,35). The molecule has 3 N–H and O–H groups in total. The van der Waals surface area contributed by atoms with Crippen LogP contribution in [0.4, 0.5) is 42.5 Å². The van der Waals surface area contributed by atoms with Crippen molar-refractivity contribution in [3.8, 4) is 11.1 Å². The Hall–Kier alpha value is -2.96. The van der Waals surface area contributed by atoms with Crippen LogP contribution in [0.3, 0.4) is 0 Å². The Morgan fingerprint density at radius 2 is 1.61 bits per heavy atom. The zero-order valence-electron chi connectivity index (χ0n) is 17.7. The lowest BCUT2D eigenvalue weighted by molar-refractivity contribution is -0.138. The van der Waals surface area contributed by atoms with Crippen LogP contribution in [0.2, 0.25) is 0 Å². The lowest BCUT2D eigenvalue weighted by Gasteiger charge is -2.22. The second-order valence-electron chi connectivity index (χ2n) is 7.30. The first-order valence-electron chi connectivity index (χ1n) is 9.82. The quantitative estimate of drug-likeness (QED) is 0.214. The van der Waals surface area contributed by atoms with Crippen LogP contribution in [0.15, 0.2) is 59.3 Å². The summed E-state index contributed by atoms with van der Waals surface area (Å²) in [5, 5.41) is 9.80. The van der Waals surface area contributed by atoms with Gasteiger partial charge in [0.2, 0.25) is 4.33 Å². The summed E-state index contributed by atoms with van der Waals surface area (Å²) >= 11 is 13.5. The molecule has 5 nitrogen and oxygen atoms in total. The van der Waals surface area contributed by atoms with Gasteiger partial charge in [0, 0.05) is 11.3 Å². The third-order valence-corrected chi connectivity index (χ3v) is 6.11. The highest BCUT2D eigenvalue weighted by atomic mass is 35.5. The van der Waals surface area contributed by atoms with Gasteiger partial charge in [-0.15, -0.1) is 0 Å². The molecular formula is C22H15Cl2F6N3O2S. The van der Waals surface area contributed by atoms with Crippen molar-refractivity contribution in [2.45, 2.75) is 16.7 Å². The number of halogens is 8. The van der Waals surface area contributed by atoms with Crippen molar-refractivity contribution in [1.29, 1.82) is 0 Å². The van der Waals surface area contributed by atoms with Crippen molar-refractivity contribution >= 4 is 57.9 Å². The summed E-state index contributed by atoms with van der Waals surface area (Å²) in [4.78, 5) is 24.8. The number of carbonyl (C=O) groups is 2. The minimum Gasteiger partial charge on any atom is -0.344 e. The fraction of sp³-hybridized carbons (Fsp3) is 0.182. The molecule has 0 aliphatic heterocycles. The third-order valence-electron chi connectivity index (χ3n) is 4.64. The van der Waals surface area contributed by atoms with E-state index < -0.39 is 40.7 Å². The maximum Gasteiger partial charge on any atom is 0.416 e. The lowest BCUT2D eigenvalue weighted by Crippen LogP contribution is -2.41. The van der Waals surface area contributed by atoms with Crippen molar-refractivity contribution in [1.82, 2.24) is 5.32 Å². The Balaban J connectivity index is 1.89. The number of rotatable bonds is 6. The first-order valence-corrected chi connectivity index (χ1v) is 11.5. The molecule has 0 aliphatic carbocycles. The molecule has 0 unspecified atom stereocenters. The summed E-state index contributed by atoms with van der Waals surface area (Å²) in [6.45, 7) is -1.66. The minimum absolute atomic E-state index is 0.0460. The summed E-state index contributed by atoms with van der Waals surface area (Å²) < 4.78 is 73.8. The smallest absolute Gasteiger partial charge is 0.344 e. The number of carbonyl (C=O) groups excluding carboxylic acids is 2.